The minimum absolute atomic E-state index is 0.153. The fourth-order valence-corrected chi connectivity index (χ4v) is 2.21. The zero-order chi connectivity index (χ0) is 14.0. The predicted molar refractivity (Wildman–Crippen MR) is 68.6 cm³/mol. The van der Waals surface area contributed by atoms with Crippen LogP contribution in [-0.2, 0) is 16.1 Å². The second kappa shape index (κ2) is 5.47. The number of rotatable bonds is 4. The van der Waals surface area contributed by atoms with Gasteiger partial charge in [0.05, 0.1) is 13.7 Å². The van der Waals surface area contributed by atoms with Crippen molar-refractivity contribution in [3.05, 3.63) is 23.2 Å². The van der Waals surface area contributed by atoms with E-state index < -0.39 is 5.97 Å². The predicted octanol–water partition coefficient (Wildman–Crippen LogP) is 2.13. The average molecular weight is 265 g/mol. The molecular weight excluding hydrogens is 246 g/mol. The average Bonchev–Trinajstić information content (AvgIpc) is 2.66. The van der Waals surface area contributed by atoms with Crippen LogP contribution < -0.4 is 0 Å². The summed E-state index contributed by atoms with van der Waals surface area (Å²) in [6.45, 7) is 2.09. The molecule has 2 rings (SSSR count). The Bertz CT molecular complexity index is 488. The van der Waals surface area contributed by atoms with E-state index in [-0.39, 0.29) is 11.8 Å². The third-order valence-electron chi connectivity index (χ3n) is 3.60. The molecule has 0 radical (unpaired) electrons. The standard InChI is InChI=1S/C14H19NO4/c1-9-12(14(17)18-3)7-11(19-9)8-15(2)13(16)10-5-4-6-10/h7,10H,4-6,8H2,1-3H3. The van der Waals surface area contributed by atoms with Gasteiger partial charge in [-0.05, 0) is 25.8 Å². The van der Waals surface area contributed by atoms with Crippen molar-refractivity contribution < 1.29 is 18.7 Å². The summed E-state index contributed by atoms with van der Waals surface area (Å²) in [5.74, 6) is 1.03. The number of amides is 1. The Morgan fingerprint density at radius 1 is 1.47 bits per heavy atom. The van der Waals surface area contributed by atoms with Gasteiger partial charge in [0.2, 0.25) is 5.91 Å². The number of methoxy groups -OCH3 is 1. The van der Waals surface area contributed by atoms with Gasteiger partial charge in [-0.3, -0.25) is 4.79 Å². The molecule has 0 aliphatic heterocycles. The van der Waals surface area contributed by atoms with E-state index in [2.05, 4.69) is 4.74 Å². The number of carbonyl (C=O) groups is 2. The minimum Gasteiger partial charge on any atom is -0.465 e. The third-order valence-corrected chi connectivity index (χ3v) is 3.60. The first kappa shape index (κ1) is 13.6. The van der Waals surface area contributed by atoms with Gasteiger partial charge in [-0.15, -0.1) is 0 Å². The Balaban J connectivity index is 2.02. The van der Waals surface area contributed by atoms with Gasteiger partial charge in [0.1, 0.15) is 17.1 Å². The molecule has 0 aromatic carbocycles. The lowest BCUT2D eigenvalue weighted by atomic mass is 9.84. The summed E-state index contributed by atoms with van der Waals surface area (Å²) in [5.41, 5.74) is 0.419. The van der Waals surface area contributed by atoms with E-state index in [1.165, 1.54) is 7.11 Å². The van der Waals surface area contributed by atoms with Gasteiger partial charge in [-0.2, -0.15) is 0 Å². The summed E-state index contributed by atoms with van der Waals surface area (Å²) < 4.78 is 10.2. The number of esters is 1. The van der Waals surface area contributed by atoms with Crippen molar-refractivity contribution >= 4 is 11.9 Å². The molecule has 1 amide bonds. The third kappa shape index (κ3) is 2.80. The molecule has 0 unspecified atom stereocenters. The molecule has 0 spiro atoms. The van der Waals surface area contributed by atoms with Gasteiger partial charge in [0.25, 0.3) is 0 Å². The molecule has 1 heterocycles. The summed E-state index contributed by atoms with van der Waals surface area (Å²) in [7, 11) is 3.09. The lowest BCUT2D eigenvalue weighted by Gasteiger charge is -2.28. The maximum absolute atomic E-state index is 12.0. The first-order valence-corrected chi connectivity index (χ1v) is 6.45. The lowest BCUT2D eigenvalue weighted by molar-refractivity contribution is -0.137. The molecule has 1 aromatic heterocycles. The fraction of sp³-hybridized carbons (Fsp3) is 0.571. The second-order valence-electron chi connectivity index (χ2n) is 5.00. The molecule has 0 atom stereocenters. The number of furan rings is 1. The van der Waals surface area contributed by atoms with E-state index in [0.717, 1.165) is 19.3 Å². The number of nitrogens with zero attached hydrogens (tertiary/aromatic N) is 1. The SMILES string of the molecule is COC(=O)c1cc(CN(C)C(=O)C2CCC2)oc1C. The highest BCUT2D eigenvalue weighted by Crippen LogP contribution is 2.28. The molecule has 1 aliphatic carbocycles. The normalized spacial score (nSPS) is 14.9. The monoisotopic (exact) mass is 265 g/mol. The van der Waals surface area contributed by atoms with Gasteiger partial charge in [0.15, 0.2) is 0 Å². The van der Waals surface area contributed by atoms with Crippen LogP contribution in [0.1, 0.15) is 41.1 Å². The van der Waals surface area contributed by atoms with Crippen molar-refractivity contribution in [2.24, 2.45) is 5.92 Å². The smallest absolute Gasteiger partial charge is 0.341 e. The van der Waals surface area contributed by atoms with E-state index >= 15 is 0 Å². The van der Waals surface area contributed by atoms with E-state index in [9.17, 15) is 9.59 Å². The Kier molecular flexibility index (Phi) is 3.93. The zero-order valence-corrected chi connectivity index (χ0v) is 11.6. The van der Waals surface area contributed by atoms with Crippen LogP contribution in [0.4, 0.5) is 0 Å². The molecule has 0 N–H and O–H groups in total. The Labute approximate surface area is 112 Å². The van der Waals surface area contributed by atoms with E-state index in [1.54, 1.807) is 24.9 Å². The quantitative estimate of drug-likeness (QED) is 0.782. The van der Waals surface area contributed by atoms with Gasteiger partial charge in [-0.1, -0.05) is 6.42 Å². The number of aryl methyl sites for hydroxylation is 1. The molecule has 1 aromatic rings. The fourth-order valence-electron chi connectivity index (χ4n) is 2.21. The van der Waals surface area contributed by atoms with Gasteiger partial charge in [0, 0.05) is 13.0 Å². The summed E-state index contributed by atoms with van der Waals surface area (Å²) in [6, 6.07) is 1.64. The highest BCUT2D eigenvalue weighted by atomic mass is 16.5. The maximum atomic E-state index is 12.0. The van der Waals surface area contributed by atoms with Crippen molar-refractivity contribution in [3.8, 4) is 0 Å². The first-order chi connectivity index (χ1) is 9.02. The molecule has 1 aliphatic rings. The molecule has 1 saturated carbocycles. The zero-order valence-electron chi connectivity index (χ0n) is 11.6. The first-order valence-electron chi connectivity index (χ1n) is 6.45. The molecule has 5 heteroatoms. The van der Waals surface area contributed by atoms with Crippen LogP contribution in [0, 0.1) is 12.8 Å². The highest BCUT2D eigenvalue weighted by Gasteiger charge is 2.28. The van der Waals surface area contributed by atoms with E-state index in [1.807, 2.05) is 0 Å². The van der Waals surface area contributed by atoms with Crippen LogP contribution in [-0.4, -0.2) is 30.9 Å². The molecule has 5 nitrogen and oxygen atoms in total. The molecule has 0 bridgehead atoms. The molecule has 0 saturated heterocycles. The van der Waals surface area contributed by atoms with E-state index in [4.69, 9.17) is 4.42 Å². The van der Waals surface area contributed by atoms with Crippen LogP contribution in [0.2, 0.25) is 0 Å². The number of ether oxygens (including phenoxy) is 1. The Morgan fingerprint density at radius 3 is 2.68 bits per heavy atom. The lowest BCUT2D eigenvalue weighted by Crippen LogP contribution is -2.35. The molecular formula is C14H19NO4. The van der Waals surface area contributed by atoms with Crippen LogP contribution in [0.5, 0.6) is 0 Å². The minimum atomic E-state index is -0.416. The van der Waals surface area contributed by atoms with Gasteiger partial charge < -0.3 is 14.1 Å². The van der Waals surface area contributed by atoms with Crippen molar-refractivity contribution in [2.75, 3.05) is 14.2 Å². The molecule has 104 valence electrons. The topological polar surface area (TPSA) is 59.8 Å². The molecule has 19 heavy (non-hydrogen) atoms. The van der Waals surface area contributed by atoms with Crippen molar-refractivity contribution in [2.45, 2.75) is 32.7 Å². The van der Waals surface area contributed by atoms with Gasteiger partial charge >= 0.3 is 5.97 Å². The summed E-state index contributed by atoms with van der Waals surface area (Å²) in [5, 5.41) is 0. The molecule has 1 fully saturated rings. The number of hydrogen-bond donors (Lipinski definition) is 0. The van der Waals surface area contributed by atoms with Crippen LogP contribution >= 0.6 is 0 Å². The van der Waals surface area contributed by atoms with Crippen LogP contribution in [0.25, 0.3) is 0 Å². The van der Waals surface area contributed by atoms with Crippen molar-refractivity contribution in [1.29, 1.82) is 0 Å². The van der Waals surface area contributed by atoms with Crippen LogP contribution in [0.3, 0.4) is 0 Å². The maximum Gasteiger partial charge on any atom is 0.341 e. The van der Waals surface area contributed by atoms with E-state index in [0.29, 0.717) is 23.6 Å². The second-order valence-corrected chi connectivity index (χ2v) is 5.00. The summed E-state index contributed by atoms with van der Waals surface area (Å²) >= 11 is 0. The highest BCUT2D eigenvalue weighted by molar-refractivity contribution is 5.90. The van der Waals surface area contributed by atoms with Crippen molar-refractivity contribution in [1.82, 2.24) is 4.90 Å². The Hall–Kier alpha value is -1.78. The van der Waals surface area contributed by atoms with Gasteiger partial charge in [-0.25, -0.2) is 4.79 Å². The number of hydrogen-bond acceptors (Lipinski definition) is 4. The Morgan fingerprint density at radius 2 is 2.16 bits per heavy atom. The summed E-state index contributed by atoms with van der Waals surface area (Å²) in [4.78, 5) is 25.1. The van der Waals surface area contributed by atoms with Crippen LogP contribution in [0.15, 0.2) is 10.5 Å². The largest absolute Gasteiger partial charge is 0.465 e. The van der Waals surface area contributed by atoms with Crippen molar-refractivity contribution in [3.63, 3.8) is 0 Å². The summed E-state index contributed by atoms with van der Waals surface area (Å²) in [6.07, 6.45) is 3.10. The number of carbonyl (C=O) groups excluding carboxylic acids is 2.